The zero-order chi connectivity index (χ0) is 14.5. The molecule has 0 unspecified atom stereocenters. The first-order valence-corrected chi connectivity index (χ1v) is 6.12. The average molecular weight is 276 g/mol. The second kappa shape index (κ2) is 6.10. The summed E-state index contributed by atoms with van der Waals surface area (Å²) in [7, 11) is 3.38. The highest BCUT2D eigenvalue weighted by Crippen LogP contribution is 2.31. The predicted molar refractivity (Wildman–Crippen MR) is 72.4 cm³/mol. The van der Waals surface area contributed by atoms with Crippen LogP contribution in [0.3, 0.4) is 0 Å². The number of ether oxygens (including phenoxy) is 2. The number of hydrogen-bond donors (Lipinski definition) is 1. The van der Waals surface area contributed by atoms with Gasteiger partial charge in [-0.1, -0.05) is 6.07 Å². The normalized spacial score (nSPS) is 10.3. The first-order valence-electron chi connectivity index (χ1n) is 6.12. The Hall–Kier alpha value is -2.50. The summed E-state index contributed by atoms with van der Waals surface area (Å²) < 4.78 is 12.6. The number of carbonyl (C=O) groups is 1. The third kappa shape index (κ3) is 2.90. The number of aromatic carboxylic acids is 1. The van der Waals surface area contributed by atoms with Gasteiger partial charge in [0.05, 0.1) is 13.7 Å². The first kappa shape index (κ1) is 13.9. The average Bonchev–Trinajstić information content (AvgIpc) is 2.84. The summed E-state index contributed by atoms with van der Waals surface area (Å²) in [5, 5.41) is 9.16. The Morgan fingerprint density at radius 1 is 1.45 bits per heavy atom. The number of imidazole rings is 1. The molecule has 0 aliphatic rings. The molecule has 0 atom stereocenters. The van der Waals surface area contributed by atoms with Crippen LogP contribution in [-0.2, 0) is 13.5 Å². The maximum Gasteiger partial charge on any atom is 0.339 e. The minimum atomic E-state index is -1.05. The fraction of sp³-hybridized carbons (Fsp3) is 0.286. The summed E-state index contributed by atoms with van der Waals surface area (Å²) in [5.74, 6) is 0.481. The molecular weight excluding hydrogens is 260 g/mol. The van der Waals surface area contributed by atoms with Gasteiger partial charge in [0.25, 0.3) is 0 Å². The molecule has 0 amide bonds. The van der Waals surface area contributed by atoms with E-state index < -0.39 is 5.97 Å². The molecule has 1 N–H and O–H groups in total. The van der Waals surface area contributed by atoms with Gasteiger partial charge >= 0.3 is 5.97 Å². The highest BCUT2D eigenvalue weighted by atomic mass is 16.5. The van der Waals surface area contributed by atoms with Gasteiger partial charge in [-0.15, -0.1) is 0 Å². The van der Waals surface area contributed by atoms with Gasteiger partial charge in [0.2, 0.25) is 0 Å². The van der Waals surface area contributed by atoms with E-state index in [1.165, 1.54) is 13.2 Å². The van der Waals surface area contributed by atoms with Gasteiger partial charge in [-0.05, 0) is 12.1 Å². The van der Waals surface area contributed by atoms with Crippen LogP contribution in [0, 0.1) is 0 Å². The molecule has 0 saturated carbocycles. The fourth-order valence-electron chi connectivity index (χ4n) is 1.88. The highest BCUT2D eigenvalue weighted by molar-refractivity contribution is 5.92. The standard InChI is InChI=1S/C14H16N2O4/c1-16-8-7-15-12(16)6-9-20-13-10(14(17)18)4-3-5-11(13)19-2/h3-5,7-8H,6,9H2,1-2H3,(H,17,18). The Kier molecular flexibility index (Phi) is 4.24. The van der Waals surface area contributed by atoms with E-state index in [1.54, 1.807) is 18.3 Å². The van der Waals surface area contributed by atoms with E-state index in [4.69, 9.17) is 14.6 Å². The van der Waals surface area contributed by atoms with Crippen molar-refractivity contribution in [2.75, 3.05) is 13.7 Å². The summed E-state index contributed by atoms with van der Waals surface area (Å²) in [6.07, 6.45) is 4.14. The topological polar surface area (TPSA) is 73.6 Å². The molecule has 106 valence electrons. The lowest BCUT2D eigenvalue weighted by Gasteiger charge is -2.12. The number of hydrogen-bond acceptors (Lipinski definition) is 4. The molecule has 0 aliphatic carbocycles. The number of methoxy groups -OCH3 is 1. The van der Waals surface area contributed by atoms with Crippen LogP contribution in [-0.4, -0.2) is 34.3 Å². The van der Waals surface area contributed by atoms with E-state index in [0.717, 1.165) is 5.82 Å². The van der Waals surface area contributed by atoms with Crippen LogP contribution in [0.5, 0.6) is 11.5 Å². The molecule has 2 aromatic rings. The molecule has 2 rings (SSSR count). The Balaban J connectivity index is 2.12. The number of aryl methyl sites for hydroxylation is 1. The van der Waals surface area contributed by atoms with Gasteiger partial charge in [0.15, 0.2) is 11.5 Å². The number of nitrogens with zero attached hydrogens (tertiary/aromatic N) is 2. The van der Waals surface area contributed by atoms with Crippen LogP contribution in [0.1, 0.15) is 16.2 Å². The Labute approximate surface area is 116 Å². The van der Waals surface area contributed by atoms with Crippen LogP contribution in [0.2, 0.25) is 0 Å². The van der Waals surface area contributed by atoms with E-state index in [2.05, 4.69) is 4.98 Å². The van der Waals surface area contributed by atoms with E-state index in [-0.39, 0.29) is 11.3 Å². The molecule has 1 aromatic carbocycles. The lowest BCUT2D eigenvalue weighted by Crippen LogP contribution is -2.10. The summed E-state index contributed by atoms with van der Waals surface area (Å²) >= 11 is 0. The van der Waals surface area contributed by atoms with Crippen molar-refractivity contribution in [3.63, 3.8) is 0 Å². The second-order valence-electron chi connectivity index (χ2n) is 4.19. The van der Waals surface area contributed by atoms with Crippen LogP contribution in [0.4, 0.5) is 0 Å². The molecule has 20 heavy (non-hydrogen) atoms. The van der Waals surface area contributed by atoms with Crippen molar-refractivity contribution in [1.82, 2.24) is 9.55 Å². The number of carboxylic acid groups (broad SMARTS) is 1. The Morgan fingerprint density at radius 3 is 2.85 bits per heavy atom. The van der Waals surface area contributed by atoms with Crippen molar-refractivity contribution < 1.29 is 19.4 Å². The molecule has 6 nitrogen and oxygen atoms in total. The van der Waals surface area contributed by atoms with Crippen molar-refractivity contribution in [3.05, 3.63) is 42.0 Å². The SMILES string of the molecule is COc1cccc(C(=O)O)c1OCCc1nccn1C. The van der Waals surface area contributed by atoms with E-state index in [0.29, 0.717) is 18.8 Å². The zero-order valence-corrected chi connectivity index (χ0v) is 11.4. The van der Waals surface area contributed by atoms with Crippen LogP contribution >= 0.6 is 0 Å². The molecule has 0 spiro atoms. The van der Waals surface area contributed by atoms with Crippen LogP contribution in [0.15, 0.2) is 30.6 Å². The Bertz CT molecular complexity index is 607. The molecular formula is C14H16N2O4. The second-order valence-corrected chi connectivity index (χ2v) is 4.19. The summed E-state index contributed by atoms with van der Waals surface area (Å²) in [6, 6.07) is 4.78. The van der Waals surface area contributed by atoms with Crippen molar-refractivity contribution in [2.24, 2.45) is 7.05 Å². The number of carboxylic acids is 1. The van der Waals surface area contributed by atoms with Gasteiger partial charge in [-0.2, -0.15) is 0 Å². The predicted octanol–water partition coefficient (Wildman–Crippen LogP) is 1.75. The molecule has 0 bridgehead atoms. The minimum Gasteiger partial charge on any atom is -0.493 e. The molecule has 0 fully saturated rings. The van der Waals surface area contributed by atoms with E-state index in [9.17, 15) is 4.79 Å². The van der Waals surface area contributed by atoms with Gasteiger partial charge in [-0.25, -0.2) is 9.78 Å². The third-order valence-corrected chi connectivity index (χ3v) is 2.92. The molecule has 1 aromatic heterocycles. The summed E-state index contributed by atoms with van der Waals surface area (Å²) in [4.78, 5) is 15.4. The zero-order valence-electron chi connectivity index (χ0n) is 11.4. The van der Waals surface area contributed by atoms with Gasteiger partial charge in [0.1, 0.15) is 11.4 Å². The maximum absolute atomic E-state index is 11.2. The monoisotopic (exact) mass is 276 g/mol. The fourth-order valence-corrected chi connectivity index (χ4v) is 1.88. The summed E-state index contributed by atoms with van der Waals surface area (Å²) in [5.41, 5.74) is 0.0872. The number of aromatic nitrogens is 2. The lowest BCUT2D eigenvalue weighted by molar-refractivity contribution is 0.0691. The van der Waals surface area contributed by atoms with E-state index >= 15 is 0 Å². The molecule has 0 aliphatic heterocycles. The molecule has 0 radical (unpaired) electrons. The highest BCUT2D eigenvalue weighted by Gasteiger charge is 2.16. The van der Waals surface area contributed by atoms with Crippen molar-refractivity contribution in [3.8, 4) is 11.5 Å². The lowest BCUT2D eigenvalue weighted by atomic mass is 10.2. The van der Waals surface area contributed by atoms with Gasteiger partial charge in [0, 0.05) is 25.9 Å². The van der Waals surface area contributed by atoms with Crippen molar-refractivity contribution in [2.45, 2.75) is 6.42 Å². The van der Waals surface area contributed by atoms with Crippen molar-refractivity contribution >= 4 is 5.97 Å². The Morgan fingerprint density at radius 2 is 2.25 bits per heavy atom. The molecule has 6 heteroatoms. The summed E-state index contributed by atoms with van der Waals surface area (Å²) in [6.45, 7) is 0.325. The smallest absolute Gasteiger partial charge is 0.339 e. The number of para-hydroxylation sites is 1. The largest absolute Gasteiger partial charge is 0.493 e. The van der Waals surface area contributed by atoms with Crippen LogP contribution in [0.25, 0.3) is 0 Å². The molecule has 1 heterocycles. The van der Waals surface area contributed by atoms with Gasteiger partial charge < -0.3 is 19.1 Å². The van der Waals surface area contributed by atoms with Gasteiger partial charge in [-0.3, -0.25) is 0 Å². The number of benzene rings is 1. The van der Waals surface area contributed by atoms with Crippen LogP contribution < -0.4 is 9.47 Å². The third-order valence-electron chi connectivity index (χ3n) is 2.92. The molecule has 0 saturated heterocycles. The van der Waals surface area contributed by atoms with E-state index in [1.807, 2.05) is 17.8 Å². The quantitative estimate of drug-likeness (QED) is 0.870. The maximum atomic E-state index is 11.2. The first-order chi connectivity index (χ1) is 9.63. The van der Waals surface area contributed by atoms with Crippen molar-refractivity contribution in [1.29, 1.82) is 0 Å². The minimum absolute atomic E-state index is 0.0872. The number of rotatable bonds is 6.